The van der Waals surface area contributed by atoms with Gasteiger partial charge in [0.15, 0.2) is 0 Å². The summed E-state index contributed by atoms with van der Waals surface area (Å²) in [5.74, 6) is 0.537. The Morgan fingerprint density at radius 3 is 2.73 bits per heavy atom. The van der Waals surface area contributed by atoms with E-state index < -0.39 is 0 Å². The highest BCUT2D eigenvalue weighted by atomic mass is 35.5. The third-order valence-electron chi connectivity index (χ3n) is 2.75. The van der Waals surface area contributed by atoms with E-state index >= 15 is 0 Å². The normalized spacial score (nSPS) is 26.5. The Morgan fingerprint density at radius 2 is 2.13 bits per heavy atom. The van der Waals surface area contributed by atoms with Gasteiger partial charge >= 0.3 is 0 Å². The van der Waals surface area contributed by atoms with Gasteiger partial charge in [0.05, 0.1) is 18.1 Å². The average molecular weight is 226 g/mol. The molecule has 3 heteroatoms. The van der Waals surface area contributed by atoms with Crippen LogP contribution in [0.1, 0.15) is 5.56 Å². The number of hydrogen-bond donors (Lipinski definition) is 1. The van der Waals surface area contributed by atoms with Crippen molar-refractivity contribution in [2.24, 2.45) is 0 Å². The van der Waals surface area contributed by atoms with E-state index in [0.29, 0.717) is 5.88 Å². The molecule has 0 radical (unpaired) electrons. The zero-order valence-electron chi connectivity index (χ0n) is 8.71. The molecule has 1 fully saturated rings. The van der Waals surface area contributed by atoms with Crippen LogP contribution in [0, 0.1) is 0 Å². The quantitative estimate of drug-likeness (QED) is 0.793. The van der Waals surface area contributed by atoms with Gasteiger partial charge in [0.2, 0.25) is 0 Å². The second-order valence-corrected chi connectivity index (χ2v) is 4.27. The molecule has 1 aliphatic rings. The van der Waals surface area contributed by atoms with Gasteiger partial charge in [0, 0.05) is 19.5 Å². The summed E-state index contributed by atoms with van der Waals surface area (Å²) in [7, 11) is 0. The standard InChI is InChI=1S/C12H16ClNO/c13-9-12(10-14-6-7-15-12)8-11-4-2-1-3-5-11/h1-5,14H,6-10H2. The second kappa shape index (κ2) is 4.97. The molecule has 1 unspecified atom stereocenters. The molecule has 1 atom stereocenters. The molecule has 1 aromatic rings. The highest BCUT2D eigenvalue weighted by Crippen LogP contribution is 2.21. The molecule has 2 nitrogen and oxygen atoms in total. The van der Waals surface area contributed by atoms with E-state index in [9.17, 15) is 0 Å². The first-order chi connectivity index (χ1) is 7.35. The molecule has 15 heavy (non-hydrogen) atoms. The first-order valence-corrected chi connectivity index (χ1v) is 5.83. The Hall–Kier alpha value is -0.570. The van der Waals surface area contributed by atoms with Crippen LogP contribution in [-0.4, -0.2) is 31.2 Å². The maximum atomic E-state index is 6.02. The Kier molecular flexibility index (Phi) is 3.62. The predicted octanol–water partition coefficient (Wildman–Crippen LogP) is 1.83. The van der Waals surface area contributed by atoms with Crippen LogP contribution in [0.2, 0.25) is 0 Å². The van der Waals surface area contributed by atoms with Crippen LogP contribution >= 0.6 is 11.6 Å². The van der Waals surface area contributed by atoms with Crippen molar-refractivity contribution in [3.05, 3.63) is 35.9 Å². The van der Waals surface area contributed by atoms with E-state index in [4.69, 9.17) is 16.3 Å². The van der Waals surface area contributed by atoms with Crippen molar-refractivity contribution in [2.75, 3.05) is 25.6 Å². The molecule has 0 spiro atoms. The fourth-order valence-electron chi connectivity index (χ4n) is 1.92. The molecule has 82 valence electrons. The van der Waals surface area contributed by atoms with Crippen LogP contribution in [0.4, 0.5) is 0 Å². The summed E-state index contributed by atoms with van der Waals surface area (Å²) in [5.41, 5.74) is 1.06. The number of benzene rings is 1. The van der Waals surface area contributed by atoms with Gasteiger partial charge in [-0.15, -0.1) is 11.6 Å². The van der Waals surface area contributed by atoms with Crippen molar-refractivity contribution in [1.29, 1.82) is 0 Å². The molecule has 0 aromatic heterocycles. The maximum absolute atomic E-state index is 6.02. The maximum Gasteiger partial charge on any atom is 0.0981 e. The van der Waals surface area contributed by atoms with Gasteiger partial charge < -0.3 is 10.1 Å². The van der Waals surface area contributed by atoms with Crippen molar-refractivity contribution in [3.63, 3.8) is 0 Å². The molecule has 1 aliphatic heterocycles. The van der Waals surface area contributed by atoms with Crippen molar-refractivity contribution in [1.82, 2.24) is 5.32 Å². The first-order valence-electron chi connectivity index (χ1n) is 5.29. The first kappa shape index (κ1) is 10.9. The molecule has 1 N–H and O–H groups in total. The average Bonchev–Trinajstić information content (AvgIpc) is 2.32. The smallest absolute Gasteiger partial charge is 0.0981 e. The fourth-order valence-corrected chi connectivity index (χ4v) is 2.19. The van der Waals surface area contributed by atoms with E-state index in [0.717, 1.165) is 26.1 Å². The third kappa shape index (κ3) is 2.71. The van der Waals surface area contributed by atoms with Crippen molar-refractivity contribution in [2.45, 2.75) is 12.0 Å². The molecule has 1 heterocycles. The van der Waals surface area contributed by atoms with E-state index in [-0.39, 0.29) is 5.60 Å². The second-order valence-electron chi connectivity index (χ2n) is 4.00. The zero-order valence-corrected chi connectivity index (χ0v) is 9.46. The molecule has 0 aliphatic carbocycles. The summed E-state index contributed by atoms with van der Waals surface area (Å²) in [6.45, 7) is 2.51. The van der Waals surface area contributed by atoms with Crippen molar-refractivity contribution >= 4 is 11.6 Å². The van der Waals surface area contributed by atoms with Gasteiger partial charge in [-0.1, -0.05) is 30.3 Å². The molecule has 0 bridgehead atoms. The highest BCUT2D eigenvalue weighted by Gasteiger charge is 2.32. The van der Waals surface area contributed by atoms with Crippen LogP contribution in [0.15, 0.2) is 30.3 Å². The number of alkyl halides is 1. The molecule has 0 amide bonds. The zero-order chi connectivity index (χ0) is 10.6. The Morgan fingerprint density at radius 1 is 1.33 bits per heavy atom. The largest absolute Gasteiger partial charge is 0.371 e. The summed E-state index contributed by atoms with van der Waals surface area (Å²) in [6, 6.07) is 10.4. The van der Waals surface area contributed by atoms with Gasteiger partial charge in [-0.3, -0.25) is 0 Å². The summed E-state index contributed by atoms with van der Waals surface area (Å²) in [6.07, 6.45) is 0.879. The number of rotatable bonds is 3. The lowest BCUT2D eigenvalue weighted by molar-refractivity contribution is -0.0490. The minimum Gasteiger partial charge on any atom is -0.371 e. The molecular formula is C12H16ClNO. The van der Waals surface area contributed by atoms with Gasteiger partial charge in [-0.2, -0.15) is 0 Å². The lowest BCUT2D eigenvalue weighted by atomic mass is 9.95. The molecule has 1 aromatic carbocycles. The Bertz CT molecular complexity index is 296. The van der Waals surface area contributed by atoms with Crippen molar-refractivity contribution in [3.8, 4) is 0 Å². The third-order valence-corrected chi connectivity index (χ3v) is 3.23. The number of ether oxygens (including phenoxy) is 1. The van der Waals surface area contributed by atoms with Crippen LogP contribution in [0.25, 0.3) is 0 Å². The molecule has 1 saturated heterocycles. The van der Waals surface area contributed by atoms with Gasteiger partial charge in [0.25, 0.3) is 0 Å². The van der Waals surface area contributed by atoms with Gasteiger partial charge in [-0.05, 0) is 5.56 Å². The van der Waals surface area contributed by atoms with E-state index in [1.165, 1.54) is 5.56 Å². The van der Waals surface area contributed by atoms with Crippen LogP contribution in [-0.2, 0) is 11.2 Å². The van der Waals surface area contributed by atoms with Crippen molar-refractivity contribution < 1.29 is 4.74 Å². The minimum atomic E-state index is -0.221. The summed E-state index contributed by atoms with van der Waals surface area (Å²) < 4.78 is 5.82. The van der Waals surface area contributed by atoms with E-state index in [2.05, 4.69) is 17.4 Å². The van der Waals surface area contributed by atoms with Gasteiger partial charge in [0.1, 0.15) is 0 Å². The van der Waals surface area contributed by atoms with Gasteiger partial charge in [-0.25, -0.2) is 0 Å². The van der Waals surface area contributed by atoms with E-state index in [1.807, 2.05) is 18.2 Å². The Balaban J connectivity index is 2.07. The number of hydrogen-bond acceptors (Lipinski definition) is 2. The topological polar surface area (TPSA) is 21.3 Å². The predicted molar refractivity (Wildman–Crippen MR) is 62.4 cm³/mol. The SMILES string of the molecule is ClCC1(Cc2ccccc2)CNCCO1. The number of morpholine rings is 1. The van der Waals surface area contributed by atoms with Crippen LogP contribution < -0.4 is 5.32 Å². The number of nitrogens with one attached hydrogen (secondary N) is 1. The van der Waals surface area contributed by atoms with Crippen LogP contribution in [0.3, 0.4) is 0 Å². The summed E-state index contributed by atoms with van der Waals surface area (Å²) in [5, 5.41) is 3.34. The van der Waals surface area contributed by atoms with Crippen LogP contribution in [0.5, 0.6) is 0 Å². The lowest BCUT2D eigenvalue weighted by Gasteiger charge is -2.36. The Labute approximate surface area is 95.6 Å². The molecule has 2 rings (SSSR count). The molecule has 0 saturated carbocycles. The summed E-state index contributed by atoms with van der Waals surface area (Å²) >= 11 is 6.02. The molecular weight excluding hydrogens is 210 g/mol. The fraction of sp³-hybridized carbons (Fsp3) is 0.500. The minimum absolute atomic E-state index is 0.221. The highest BCUT2D eigenvalue weighted by molar-refractivity contribution is 6.18. The summed E-state index contributed by atoms with van der Waals surface area (Å²) in [4.78, 5) is 0. The lowest BCUT2D eigenvalue weighted by Crippen LogP contribution is -2.52. The number of halogens is 1. The van der Waals surface area contributed by atoms with E-state index in [1.54, 1.807) is 0 Å². The monoisotopic (exact) mass is 225 g/mol.